The third-order valence-corrected chi connectivity index (χ3v) is 2.81. The maximum atomic E-state index is 11.1. The quantitative estimate of drug-likeness (QED) is 0.360. The van der Waals surface area contributed by atoms with Crippen molar-refractivity contribution in [3.63, 3.8) is 0 Å². The van der Waals surface area contributed by atoms with E-state index in [1.807, 2.05) is 0 Å². The van der Waals surface area contributed by atoms with E-state index in [0.29, 0.717) is 0 Å². The van der Waals surface area contributed by atoms with Crippen LogP contribution in [-0.4, -0.2) is 32.1 Å². The first-order chi connectivity index (χ1) is 6.97. The van der Waals surface area contributed by atoms with Crippen molar-refractivity contribution in [3.05, 3.63) is 24.3 Å². The minimum atomic E-state index is -4.08. The van der Waals surface area contributed by atoms with Gasteiger partial charge in [0, 0.05) is 0 Å². The van der Waals surface area contributed by atoms with Gasteiger partial charge in [0.2, 0.25) is 0 Å². The summed E-state index contributed by atoms with van der Waals surface area (Å²) in [6.07, 6.45) is 0. The average molecular weight is 230 g/mol. The van der Waals surface area contributed by atoms with E-state index >= 15 is 0 Å². The van der Waals surface area contributed by atoms with Crippen molar-refractivity contribution in [2.45, 2.75) is 4.90 Å². The Bertz CT molecular complexity index is 437. The fraction of sp³-hybridized carbons (Fsp3) is 0. The molecule has 1 aromatic rings. The minimum absolute atomic E-state index is 0.139. The number of hydrogen-bond acceptors (Lipinski definition) is 6. The summed E-state index contributed by atoms with van der Waals surface area (Å²) in [7, 11) is -5.76. The molecule has 0 unspecified atom stereocenters. The zero-order valence-electron chi connectivity index (χ0n) is 7.40. The van der Waals surface area contributed by atoms with Gasteiger partial charge in [0.25, 0.3) is 0 Å². The molecule has 0 spiro atoms. The van der Waals surface area contributed by atoms with E-state index in [2.05, 4.69) is 4.18 Å². The largest absolute Gasteiger partial charge is 0.488 e. The summed E-state index contributed by atoms with van der Waals surface area (Å²) >= 11 is 0. The molecule has 6 nitrogen and oxygen atoms in total. The molecule has 0 radical (unpaired) electrons. The van der Waals surface area contributed by atoms with Crippen LogP contribution in [0.2, 0.25) is 0 Å². The van der Waals surface area contributed by atoms with E-state index in [0.717, 1.165) is 12.1 Å². The zero-order chi connectivity index (χ0) is 11.5. The van der Waals surface area contributed by atoms with E-state index in [4.69, 9.17) is 10.0 Å². The molecule has 0 saturated carbocycles. The zero-order valence-corrected chi connectivity index (χ0v) is 8.22. The van der Waals surface area contributed by atoms with Crippen molar-refractivity contribution < 1.29 is 27.4 Å². The SMILES string of the molecule is O=COS(=O)(=O)c1ccc(B(O)O)cc1. The molecule has 0 aliphatic heterocycles. The van der Waals surface area contributed by atoms with Crippen LogP contribution in [0.5, 0.6) is 0 Å². The average Bonchev–Trinajstić information content (AvgIpc) is 2.18. The van der Waals surface area contributed by atoms with Gasteiger partial charge in [-0.1, -0.05) is 12.1 Å². The first-order valence-electron chi connectivity index (χ1n) is 3.80. The number of rotatable bonds is 4. The highest BCUT2D eigenvalue weighted by molar-refractivity contribution is 7.87. The molecule has 0 aliphatic rings. The van der Waals surface area contributed by atoms with Gasteiger partial charge < -0.3 is 14.2 Å². The Hall–Kier alpha value is -1.38. The molecule has 15 heavy (non-hydrogen) atoms. The molecule has 80 valence electrons. The molecule has 0 saturated heterocycles. The van der Waals surface area contributed by atoms with Crippen LogP contribution in [0.1, 0.15) is 0 Å². The summed E-state index contributed by atoms with van der Waals surface area (Å²) in [6.45, 7) is -0.190. The smallest absolute Gasteiger partial charge is 0.423 e. The Kier molecular flexibility index (Phi) is 3.45. The molecule has 0 bridgehead atoms. The second-order valence-electron chi connectivity index (χ2n) is 2.59. The van der Waals surface area contributed by atoms with Crippen LogP contribution in [0, 0.1) is 0 Å². The maximum Gasteiger partial charge on any atom is 0.488 e. The third-order valence-electron chi connectivity index (χ3n) is 1.63. The van der Waals surface area contributed by atoms with Crippen molar-refractivity contribution in [1.82, 2.24) is 0 Å². The van der Waals surface area contributed by atoms with Gasteiger partial charge in [0.15, 0.2) is 0 Å². The highest BCUT2D eigenvalue weighted by Gasteiger charge is 2.17. The van der Waals surface area contributed by atoms with Crippen molar-refractivity contribution in [3.8, 4) is 0 Å². The van der Waals surface area contributed by atoms with Crippen LogP contribution in [0.15, 0.2) is 29.2 Å². The molecule has 0 heterocycles. The van der Waals surface area contributed by atoms with Crippen molar-refractivity contribution in [2.75, 3.05) is 0 Å². The molecule has 1 aromatic carbocycles. The first-order valence-corrected chi connectivity index (χ1v) is 5.21. The molecule has 0 aliphatic carbocycles. The maximum absolute atomic E-state index is 11.1. The molecule has 0 fully saturated rings. The van der Waals surface area contributed by atoms with Gasteiger partial charge in [-0.3, -0.25) is 4.79 Å². The molecular weight excluding hydrogens is 223 g/mol. The molecule has 0 amide bonds. The molecular formula is C7H7BO6S. The van der Waals surface area contributed by atoms with E-state index in [1.165, 1.54) is 12.1 Å². The van der Waals surface area contributed by atoms with Crippen LogP contribution >= 0.6 is 0 Å². The summed E-state index contributed by atoms with van der Waals surface area (Å²) < 4.78 is 26.2. The summed E-state index contributed by atoms with van der Waals surface area (Å²) in [5.41, 5.74) is 0.139. The summed E-state index contributed by atoms with van der Waals surface area (Å²) in [5.74, 6) is 0. The van der Waals surface area contributed by atoms with Crippen LogP contribution < -0.4 is 5.46 Å². The molecule has 8 heteroatoms. The normalized spacial score (nSPS) is 10.8. The van der Waals surface area contributed by atoms with Gasteiger partial charge in [-0.15, -0.1) is 0 Å². The second-order valence-corrected chi connectivity index (χ2v) is 4.16. The van der Waals surface area contributed by atoms with E-state index < -0.39 is 17.2 Å². The monoisotopic (exact) mass is 230 g/mol. The lowest BCUT2D eigenvalue weighted by atomic mass is 9.81. The lowest BCUT2D eigenvalue weighted by Crippen LogP contribution is -2.29. The molecule has 0 aromatic heterocycles. The lowest BCUT2D eigenvalue weighted by Gasteiger charge is -2.02. The number of carbonyl (C=O) groups excluding carboxylic acids is 1. The fourth-order valence-electron chi connectivity index (χ4n) is 0.914. The predicted molar refractivity (Wildman–Crippen MR) is 50.6 cm³/mol. The summed E-state index contributed by atoms with van der Waals surface area (Å²) in [6, 6.07) is 4.61. The van der Waals surface area contributed by atoms with E-state index in [-0.39, 0.29) is 16.8 Å². The van der Waals surface area contributed by atoms with Gasteiger partial charge in [-0.05, 0) is 17.6 Å². The standard InChI is InChI=1S/C7H7BO6S/c9-5-14-15(12,13)7-3-1-6(2-4-7)8(10)11/h1-5,10-11H. The predicted octanol–water partition coefficient (Wildman–Crippen LogP) is -1.77. The van der Waals surface area contributed by atoms with Gasteiger partial charge in [-0.2, -0.15) is 8.42 Å². The van der Waals surface area contributed by atoms with Gasteiger partial charge in [0.1, 0.15) is 4.90 Å². The Morgan fingerprint density at radius 3 is 2.13 bits per heavy atom. The van der Waals surface area contributed by atoms with Crippen LogP contribution in [0.4, 0.5) is 0 Å². The second kappa shape index (κ2) is 4.43. The Morgan fingerprint density at radius 2 is 1.73 bits per heavy atom. The van der Waals surface area contributed by atoms with E-state index in [1.54, 1.807) is 0 Å². The van der Waals surface area contributed by atoms with Crippen molar-refractivity contribution in [2.24, 2.45) is 0 Å². The number of benzene rings is 1. The van der Waals surface area contributed by atoms with Gasteiger partial charge in [-0.25, -0.2) is 0 Å². The highest BCUT2D eigenvalue weighted by atomic mass is 32.2. The van der Waals surface area contributed by atoms with Crippen molar-refractivity contribution in [1.29, 1.82) is 0 Å². The lowest BCUT2D eigenvalue weighted by molar-refractivity contribution is -0.120. The summed E-state index contributed by atoms with van der Waals surface area (Å²) in [5, 5.41) is 17.5. The highest BCUT2D eigenvalue weighted by Crippen LogP contribution is 2.09. The number of carbonyl (C=O) groups is 1. The van der Waals surface area contributed by atoms with Crippen LogP contribution in [0.25, 0.3) is 0 Å². The Balaban J connectivity index is 3.04. The molecule has 2 N–H and O–H groups in total. The van der Waals surface area contributed by atoms with Gasteiger partial charge >= 0.3 is 23.7 Å². The summed E-state index contributed by atoms with van der Waals surface area (Å²) in [4.78, 5) is 9.65. The molecule has 0 atom stereocenters. The minimum Gasteiger partial charge on any atom is -0.423 e. The van der Waals surface area contributed by atoms with Gasteiger partial charge in [0.05, 0.1) is 0 Å². The topological polar surface area (TPSA) is 101 Å². The molecule has 1 rings (SSSR count). The first kappa shape index (κ1) is 11.7. The van der Waals surface area contributed by atoms with Crippen LogP contribution in [-0.2, 0) is 19.1 Å². The van der Waals surface area contributed by atoms with Crippen molar-refractivity contribution >= 4 is 29.2 Å². The Morgan fingerprint density at radius 1 is 1.20 bits per heavy atom. The Labute approximate surface area is 86.4 Å². The van der Waals surface area contributed by atoms with E-state index in [9.17, 15) is 13.2 Å². The van der Waals surface area contributed by atoms with Crippen LogP contribution in [0.3, 0.4) is 0 Å². The fourth-order valence-corrected chi connectivity index (χ4v) is 1.60. The number of hydrogen-bond donors (Lipinski definition) is 2. The third kappa shape index (κ3) is 2.78.